The highest BCUT2D eigenvalue weighted by Crippen LogP contribution is 2.29. The first-order chi connectivity index (χ1) is 12.7. The van der Waals surface area contributed by atoms with E-state index in [0.717, 1.165) is 16.9 Å². The second kappa shape index (κ2) is 7.50. The molecule has 0 fully saturated rings. The monoisotopic (exact) mass is 379 g/mol. The minimum Gasteiger partial charge on any atom is -0.362 e. The van der Waals surface area contributed by atoms with E-state index in [1.165, 1.54) is 4.90 Å². The Morgan fingerprint density at radius 3 is 2.70 bits per heavy atom. The van der Waals surface area contributed by atoms with Gasteiger partial charge < -0.3 is 9.80 Å². The van der Waals surface area contributed by atoms with Gasteiger partial charge in [0.05, 0.1) is 18.7 Å². The topological polar surface area (TPSA) is 62.2 Å². The molecule has 144 valence electrons. The summed E-state index contributed by atoms with van der Waals surface area (Å²) in [6, 6.07) is 3.61. The van der Waals surface area contributed by atoms with Crippen molar-refractivity contribution in [3.63, 3.8) is 0 Å². The van der Waals surface area contributed by atoms with E-state index in [2.05, 4.69) is 15.0 Å². The molecule has 0 unspecified atom stereocenters. The number of nitrogens with zero attached hydrogens (tertiary/aromatic N) is 5. The van der Waals surface area contributed by atoms with Gasteiger partial charge in [-0.1, -0.05) is 0 Å². The van der Waals surface area contributed by atoms with Crippen LogP contribution in [0.1, 0.15) is 24.1 Å². The minimum atomic E-state index is -4.34. The van der Waals surface area contributed by atoms with Crippen molar-refractivity contribution in [3.05, 3.63) is 35.8 Å². The van der Waals surface area contributed by atoms with E-state index in [0.29, 0.717) is 24.5 Å². The van der Waals surface area contributed by atoms with Crippen LogP contribution in [0, 0.1) is 0 Å². The Kier molecular flexibility index (Phi) is 5.29. The van der Waals surface area contributed by atoms with Gasteiger partial charge in [-0.15, -0.1) is 0 Å². The highest BCUT2D eigenvalue weighted by molar-refractivity contribution is 5.76. The van der Waals surface area contributed by atoms with Crippen molar-refractivity contribution < 1.29 is 18.0 Å². The van der Waals surface area contributed by atoms with Gasteiger partial charge in [0.15, 0.2) is 5.82 Å². The summed E-state index contributed by atoms with van der Waals surface area (Å²) < 4.78 is 37.2. The van der Waals surface area contributed by atoms with Crippen molar-refractivity contribution >= 4 is 11.7 Å². The molecule has 0 bridgehead atoms. The molecule has 0 saturated carbocycles. The predicted octanol–water partition coefficient (Wildman–Crippen LogP) is 2.83. The van der Waals surface area contributed by atoms with E-state index in [9.17, 15) is 18.0 Å². The second-order valence-electron chi connectivity index (χ2n) is 6.61. The van der Waals surface area contributed by atoms with E-state index in [1.54, 1.807) is 18.5 Å². The Labute approximate surface area is 155 Å². The maximum absolute atomic E-state index is 12.4. The average molecular weight is 379 g/mol. The molecule has 0 saturated heterocycles. The lowest BCUT2D eigenvalue weighted by Gasteiger charge is -2.31. The highest BCUT2D eigenvalue weighted by atomic mass is 19.4. The molecule has 1 aliphatic rings. The van der Waals surface area contributed by atoms with Crippen LogP contribution in [0.2, 0.25) is 0 Å². The zero-order valence-corrected chi connectivity index (χ0v) is 15.1. The van der Waals surface area contributed by atoms with Crippen LogP contribution in [0.25, 0.3) is 11.4 Å². The number of aromatic nitrogens is 3. The Hall–Kier alpha value is -2.71. The highest BCUT2D eigenvalue weighted by Gasteiger charge is 2.31. The van der Waals surface area contributed by atoms with Gasteiger partial charge in [0, 0.05) is 50.6 Å². The lowest BCUT2D eigenvalue weighted by Crippen LogP contribution is -2.37. The van der Waals surface area contributed by atoms with Crippen molar-refractivity contribution in [1.82, 2.24) is 19.9 Å². The number of amides is 1. The number of rotatable bonds is 4. The van der Waals surface area contributed by atoms with Gasteiger partial charge in [-0.3, -0.25) is 9.78 Å². The van der Waals surface area contributed by atoms with Gasteiger partial charge in [0.1, 0.15) is 5.82 Å². The van der Waals surface area contributed by atoms with Gasteiger partial charge >= 0.3 is 6.18 Å². The third-order valence-corrected chi connectivity index (χ3v) is 4.36. The first-order valence-corrected chi connectivity index (χ1v) is 8.56. The molecule has 2 aromatic rings. The van der Waals surface area contributed by atoms with Crippen LogP contribution in [0.3, 0.4) is 0 Å². The first-order valence-electron chi connectivity index (χ1n) is 8.56. The third-order valence-electron chi connectivity index (χ3n) is 4.36. The number of pyridine rings is 1. The predicted molar refractivity (Wildman–Crippen MR) is 94.0 cm³/mol. The molecule has 9 heteroatoms. The summed E-state index contributed by atoms with van der Waals surface area (Å²) >= 11 is 0. The summed E-state index contributed by atoms with van der Waals surface area (Å²) in [5.41, 5.74) is 2.33. The molecular weight excluding hydrogens is 359 g/mol. The van der Waals surface area contributed by atoms with E-state index in [-0.39, 0.29) is 6.54 Å². The summed E-state index contributed by atoms with van der Waals surface area (Å²) in [5, 5.41) is 0. The summed E-state index contributed by atoms with van der Waals surface area (Å²) in [4.78, 5) is 28.8. The molecule has 3 heterocycles. The molecule has 0 N–H and O–H groups in total. The fourth-order valence-corrected chi connectivity index (χ4v) is 3.02. The fraction of sp³-hybridized carbons (Fsp3) is 0.444. The zero-order chi connectivity index (χ0) is 19.6. The number of carbonyl (C=O) groups is 1. The summed E-state index contributed by atoms with van der Waals surface area (Å²) in [6.45, 7) is 0.544. The van der Waals surface area contributed by atoms with Crippen LogP contribution >= 0.6 is 0 Å². The van der Waals surface area contributed by atoms with Crippen LogP contribution < -0.4 is 4.90 Å². The Balaban J connectivity index is 1.88. The number of alkyl halides is 3. The number of anilines is 1. The molecule has 6 nitrogen and oxygen atoms in total. The maximum atomic E-state index is 12.4. The first kappa shape index (κ1) is 19.1. The Morgan fingerprint density at radius 1 is 1.30 bits per heavy atom. The molecule has 27 heavy (non-hydrogen) atoms. The minimum absolute atomic E-state index is 0.183. The zero-order valence-electron chi connectivity index (χ0n) is 15.1. The molecule has 1 amide bonds. The number of halogens is 3. The van der Waals surface area contributed by atoms with Crippen molar-refractivity contribution in [2.75, 3.05) is 25.5 Å². The van der Waals surface area contributed by atoms with Crippen molar-refractivity contribution in [1.29, 1.82) is 0 Å². The standard InChI is InChI=1S/C18H20F3N5O/c1-25(2)17-13-6-9-26(15(27)5-7-18(19,20)21)11-14(13)23-16(24-17)12-4-3-8-22-10-12/h3-4,8,10H,5-7,9,11H2,1-2H3. The van der Waals surface area contributed by atoms with E-state index in [4.69, 9.17) is 0 Å². The van der Waals surface area contributed by atoms with Crippen LogP contribution in [0.4, 0.5) is 19.0 Å². The van der Waals surface area contributed by atoms with Gasteiger partial charge in [0.25, 0.3) is 0 Å². The summed E-state index contributed by atoms with van der Waals surface area (Å²) in [7, 11) is 3.74. The molecule has 0 atom stereocenters. The Bertz CT molecular complexity index is 824. The number of fused-ring (bicyclic) bond motifs is 1. The lowest BCUT2D eigenvalue weighted by atomic mass is 10.0. The Morgan fingerprint density at radius 2 is 2.07 bits per heavy atom. The molecule has 0 aromatic carbocycles. The SMILES string of the molecule is CN(C)c1nc(-c2cccnc2)nc2c1CCN(C(=O)CCC(F)(F)F)C2. The van der Waals surface area contributed by atoms with Gasteiger partial charge in [-0.2, -0.15) is 13.2 Å². The van der Waals surface area contributed by atoms with Crippen LogP contribution in [-0.2, 0) is 17.8 Å². The molecule has 0 spiro atoms. The molecule has 0 aliphatic carbocycles. The molecule has 2 aromatic heterocycles. The van der Waals surface area contributed by atoms with Gasteiger partial charge in [-0.05, 0) is 18.6 Å². The number of hydrogen-bond acceptors (Lipinski definition) is 5. The van der Waals surface area contributed by atoms with Crippen LogP contribution in [0.5, 0.6) is 0 Å². The van der Waals surface area contributed by atoms with Gasteiger partial charge in [0.2, 0.25) is 5.91 Å². The average Bonchev–Trinajstić information content (AvgIpc) is 2.64. The van der Waals surface area contributed by atoms with Crippen molar-refractivity contribution in [2.45, 2.75) is 32.0 Å². The largest absolute Gasteiger partial charge is 0.389 e. The van der Waals surface area contributed by atoms with Gasteiger partial charge in [-0.25, -0.2) is 9.97 Å². The van der Waals surface area contributed by atoms with Crippen LogP contribution in [0.15, 0.2) is 24.5 Å². The summed E-state index contributed by atoms with van der Waals surface area (Å²) in [6.07, 6.45) is -2.18. The molecular formula is C18H20F3N5O. The fourth-order valence-electron chi connectivity index (χ4n) is 3.02. The number of hydrogen-bond donors (Lipinski definition) is 0. The molecule has 3 rings (SSSR count). The number of carbonyl (C=O) groups excluding carboxylic acids is 1. The van der Waals surface area contributed by atoms with E-state index >= 15 is 0 Å². The maximum Gasteiger partial charge on any atom is 0.389 e. The van der Waals surface area contributed by atoms with E-state index in [1.807, 2.05) is 25.1 Å². The molecule has 1 aliphatic heterocycles. The van der Waals surface area contributed by atoms with Crippen LogP contribution in [-0.4, -0.2) is 52.6 Å². The van der Waals surface area contributed by atoms with Crippen molar-refractivity contribution in [2.24, 2.45) is 0 Å². The normalized spacial score (nSPS) is 14.0. The third kappa shape index (κ3) is 4.53. The second-order valence-corrected chi connectivity index (χ2v) is 6.61. The smallest absolute Gasteiger partial charge is 0.362 e. The quantitative estimate of drug-likeness (QED) is 0.818. The van der Waals surface area contributed by atoms with Crippen molar-refractivity contribution in [3.8, 4) is 11.4 Å². The summed E-state index contributed by atoms with van der Waals surface area (Å²) in [5.74, 6) is 0.724. The van der Waals surface area contributed by atoms with E-state index < -0.39 is 24.9 Å². The lowest BCUT2D eigenvalue weighted by molar-refractivity contribution is -0.149. The molecule has 0 radical (unpaired) electrons.